The van der Waals surface area contributed by atoms with Crippen LogP contribution in [0.3, 0.4) is 0 Å². The largest absolute Gasteiger partial charge is 0.444 e. The molecule has 0 saturated carbocycles. The number of halogens is 1. The Morgan fingerprint density at radius 1 is 1.39 bits per heavy atom. The van der Waals surface area contributed by atoms with Crippen LogP contribution in [-0.2, 0) is 11.2 Å². The molecule has 0 spiro atoms. The highest BCUT2D eigenvalue weighted by Crippen LogP contribution is 2.22. The van der Waals surface area contributed by atoms with Crippen molar-refractivity contribution in [3.63, 3.8) is 0 Å². The quantitative estimate of drug-likeness (QED) is 0.840. The number of nitrogens with two attached hydrogens (primary N) is 1. The van der Waals surface area contributed by atoms with E-state index in [4.69, 9.17) is 22.1 Å². The van der Waals surface area contributed by atoms with Crippen LogP contribution in [0, 0.1) is 0 Å². The molecule has 23 heavy (non-hydrogen) atoms. The molecule has 0 saturated heterocycles. The first-order chi connectivity index (χ1) is 10.8. The van der Waals surface area contributed by atoms with Gasteiger partial charge < -0.3 is 15.8 Å². The summed E-state index contributed by atoms with van der Waals surface area (Å²) in [5.74, 6) is 0. The van der Waals surface area contributed by atoms with E-state index in [9.17, 15) is 4.79 Å². The minimum Gasteiger partial charge on any atom is -0.444 e. The number of ether oxygens (including phenoxy) is 1. The summed E-state index contributed by atoms with van der Waals surface area (Å²) in [6.45, 7) is 5.73. The number of aromatic nitrogens is 1. The monoisotopic (exact) mass is 335 g/mol. The summed E-state index contributed by atoms with van der Waals surface area (Å²) in [4.78, 5) is 16.3. The van der Waals surface area contributed by atoms with E-state index < -0.39 is 11.7 Å². The van der Waals surface area contributed by atoms with Crippen molar-refractivity contribution >= 4 is 28.5 Å². The fourth-order valence-corrected chi connectivity index (χ4v) is 2.51. The molecule has 1 aromatic carbocycles. The van der Waals surface area contributed by atoms with Crippen molar-refractivity contribution < 1.29 is 9.53 Å². The van der Waals surface area contributed by atoms with Crippen LogP contribution in [0.15, 0.2) is 30.3 Å². The lowest BCUT2D eigenvalue weighted by molar-refractivity contribution is 0.0506. The third-order valence-electron chi connectivity index (χ3n) is 3.21. The second-order valence-electron chi connectivity index (χ2n) is 6.41. The lowest BCUT2D eigenvalue weighted by Gasteiger charge is -2.23. The number of benzene rings is 1. The van der Waals surface area contributed by atoms with Crippen LogP contribution in [-0.4, -0.2) is 29.3 Å². The van der Waals surface area contributed by atoms with Crippen LogP contribution in [0.4, 0.5) is 4.79 Å². The fourth-order valence-electron chi connectivity index (χ4n) is 2.23. The number of pyridine rings is 1. The van der Waals surface area contributed by atoms with Crippen molar-refractivity contribution in [1.82, 2.24) is 10.3 Å². The standard InChI is InChI=1S/C17H22ClN3O2/c1-17(2,3)23-16(22)21-13(10-19)9-12-8-11-6-4-5-7-14(11)15(18)20-12/h4-8,13H,9-10,19H2,1-3H3,(H,21,22). The lowest BCUT2D eigenvalue weighted by Crippen LogP contribution is -2.44. The average Bonchev–Trinajstić information content (AvgIpc) is 2.44. The summed E-state index contributed by atoms with van der Waals surface area (Å²) >= 11 is 6.23. The minimum absolute atomic E-state index is 0.269. The fraction of sp³-hybridized carbons (Fsp3) is 0.412. The molecular formula is C17H22ClN3O2. The van der Waals surface area contributed by atoms with E-state index >= 15 is 0 Å². The molecular weight excluding hydrogens is 314 g/mol. The predicted molar refractivity (Wildman–Crippen MR) is 92.7 cm³/mol. The summed E-state index contributed by atoms with van der Waals surface area (Å²) in [6.07, 6.45) is 0.000143. The molecule has 1 heterocycles. The summed E-state index contributed by atoms with van der Waals surface area (Å²) < 4.78 is 5.25. The molecule has 2 aromatic rings. The molecule has 1 unspecified atom stereocenters. The van der Waals surface area contributed by atoms with Crippen LogP contribution in [0.25, 0.3) is 10.8 Å². The Labute approximate surface area is 141 Å². The van der Waals surface area contributed by atoms with Gasteiger partial charge in [0, 0.05) is 30.1 Å². The molecule has 0 aliphatic rings. The number of carbonyl (C=O) groups is 1. The second kappa shape index (κ2) is 7.15. The predicted octanol–water partition coefficient (Wildman–Crippen LogP) is 3.28. The number of alkyl carbamates (subject to hydrolysis) is 1. The van der Waals surface area contributed by atoms with Crippen molar-refractivity contribution in [2.24, 2.45) is 5.73 Å². The van der Waals surface area contributed by atoms with Crippen LogP contribution in [0.5, 0.6) is 0 Å². The second-order valence-corrected chi connectivity index (χ2v) is 6.77. The van der Waals surface area contributed by atoms with Crippen LogP contribution >= 0.6 is 11.6 Å². The first-order valence-corrected chi connectivity index (χ1v) is 7.90. The van der Waals surface area contributed by atoms with Crippen LogP contribution in [0.2, 0.25) is 5.15 Å². The van der Waals surface area contributed by atoms with E-state index in [1.807, 2.05) is 51.1 Å². The summed E-state index contributed by atoms with van der Waals surface area (Å²) in [7, 11) is 0. The highest BCUT2D eigenvalue weighted by Gasteiger charge is 2.19. The molecule has 0 fully saturated rings. The van der Waals surface area contributed by atoms with E-state index in [1.54, 1.807) is 0 Å². The Balaban J connectivity index is 2.11. The number of rotatable bonds is 4. The molecule has 0 aliphatic carbocycles. The Morgan fingerprint density at radius 2 is 2.09 bits per heavy atom. The van der Waals surface area contributed by atoms with E-state index in [1.165, 1.54) is 0 Å². The molecule has 0 aliphatic heterocycles. The maximum atomic E-state index is 11.9. The molecule has 124 valence electrons. The van der Waals surface area contributed by atoms with Gasteiger partial charge in [0.15, 0.2) is 0 Å². The van der Waals surface area contributed by atoms with Gasteiger partial charge in [-0.05, 0) is 32.2 Å². The van der Waals surface area contributed by atoms with Crippen molar-refractivity contribution in [2.75, 3.05) is 6.54 Å². The molecule has 1 amide bonds. The van der Waals surface area contributed by atoms with Gasteiger partial charge in [-0.2, -0.15) is 0 Å². The molecule has 6 heteroatoms. The van der Waals surface area contributed by atoms with Crippen molar-refractivity contribution in [2.45, 2.75) is 38.8 Å². The average molecular weight is 336 g/mol. The van der Waals surface area contributed by atoms with E-state index in [-0.39, 0.29) is 12.6 Å². The first-order valence-electron chi connectivity index (χ1n) is 7.52. The molecule has 0 bridgehead atoms. The number of hydrogen-bond acceptors (Lipinski definition) is 4. The van der Waals surface area contributed by atoms with E-state index in [0.717, 1.165) is 16.5 Å². The maximum absolute atomic E-state index is 11.9. The van der Waals surface area contributed by atoms with Crippen molar-refractivity contribution in [3.8, 4) is 0 Å². The highest BCUT2D eigenvalue weighted by molar-refractivity contribution is 6.34. The number of carbonyl (C=O) groups excluding carboxylic acids is 1. The van der Waals surface area contributed by atoms with Gasteiger partial charge in [0.2, 0.25) is 0 Å². The number of nitrogens with one attached hydrogen (secondary N) is 1. The number of hydrogen-bond donors (Lipinski definition) is 2. The van der Waals surface area contributed by atoms with Gasteiger partial charge in [0.05, 0.1) is 0 Å². The Kier molecular flexibility index (Phi) is 5.44. The Morgan fingerprint density at radius 3 is 2.74 bits per heavy atom. The maximum Gasteiger partial charge on any atom is 0.407 e. The normalized spacial score (nSPS) is 12.9. The van der Waals surface area contributed by atoms with Gasteiger partial charge in [-0.3, -0.25) is 0 Å². The molecule has 3 N–H and O–H groups in total. The third-order valence-corrected chi connectivity index (χ3v) is 3.50. The highest BCUT2D eigenvalue weighted by atomic mass is 35.5. The van der Waals surface area contributed by atoms with Gasteiger partial charge in [0.25, 0.3) is 0 Å². The van der Waals surface area contributed by atoms with Crippen LogP contribution < -0.4 is 11.1 Å². The lowest BCUT2D eigenvalue weighted by atomic mass is 10.1. The summed E-state index contributed by atoms with van der Waals surface area (Å²) in [6, 6.07) is 9.46. The zero-order valence-electron chi connectivity index (χ0n) is 13.6. The van der Waals surface area contributed by atoms with Gasteiger partial charge in [0.1, 0.15) is 10.8 Å². The molecule has 5 nitrogen and oxygen atoms in total. The van der Waals surface area contributed by atoms with Gasteiger partial charge in [-0.25, -0.2) is 9.78 Å². The molecule has 1 aromatic heterocycles. The third kappa shape index (κ3) is 5.08. The van der Waals surface area contributed by atoms with Crippen molar-refractivity contribution in [3.05, 3.63) is 41.2 Å². The summed E-state index contributed by atoms with van der Waals surface area (Å²) in [5.41, 5.74) is 5.98. The van der Waals surface area contributed by atoms with E-state index in [0.29, 0.717) is 11.6 Å². The molecule has 2 rings (SSSR count). The smallest absolute Gasteiger partial charge is 0.407 e. The number of amides is 1. The zero-order valence-corrected chi connectivity index (χ0v) is 14.4. The van der Waals surface area contributed by atoms with E-state index in [2.05, 4.69) is 10.3 Å². The van der Waals surface area contributed by atoms with Gasteiger partial charge in [-0.15, -0.1) is 0 Å². The molecule has 1 atom stereocenters. The Bertz CT molecular complexity index is 698. The van der Waals surface area contributed by atoms with Crippen LogP contribution in [0.1, 0.15) is 26.5 Å². The number of nitrogens with zero attached hydrogens (tertiary/aromatic N) is 1. The first kappa shape index (κ1) is 17.5. The van der Waals surface area contributed by atoms with Gasteiger partial charge >= 0.3 is 6.09 Å². The number of fused-ring (bicyclic) bond motifs is 1. The molecule has 0 radical (unpaired) electrons. The van der Waals surface area contributed by atoms with Gasteiger partial charge in [-0.1, -0.05) is 35.9 Å². The summed E-state index contributed by atoms with van der Waals surface area (Å²) in [5, 5.41) is 5.13. The van der Waals surface area contributed by atoms with Crippen molar-refractivity contribution in [1.29, 1.82) is 0 Å². The topological polar surface area (TPSA) is 77.2 Å². The minimum atomic E-state index is -0.548. The zero-order chi connectivity index (χ0) is 17.0. The Hall–Kier alpha value is -1.85. The SMILES string of the molecule is CC(C)(C)OC(=O)NC(CN)Cc1cc2ccccc2c(Cl)n1.